The molecule has 1 aliphatic rings. The Bertz CT molecular complexity index is 387. The van der Waals surface area contributed by atoms with E-state index in [-0.39, 0.29) is 5.97 Å². The molecule has 2 atom stereocenters. The molecule has 0 saturated carbocycles. The Morgan fingerprint density at radius 3 is 2.40 bits per heavy atom. The van der Waals surface area contributed by atoms with Crippen molar-refractivity contribution in [2.45, 2.75) is 25.0 Å². The Morgan fingerprint density at radius 1 is 1.27 bits per heavy atom. The fraction of sp³-hybridized carbons (Fsp3) is 0.417. The predicted octanol–water partition coefficient (Wildman–Crippen LogP) is 1.86. The van der Waals surface area contributed by atoms with Crippen LogP contribution in [0, 0.1) is 0 Å². The average Bonchev–Trinajstić information content (AvgIpc) is 2.85. The minimum absolute atomic E-state index is 0.325. The fourth-order valence-corrected chi connectivity index (χ4v) is 1.90. The first-order valence-electron chi connectivity index (χ1n) is 4.89. The molecule has 80 valence electrons. The summed E-state index contributed by atoms with van der Waals surface area (Å²) < 4.78 is 10.3. The van der Waals surface area contributed by atoms with Crippen LogP contribution in [0.1, 0.15) is 19.4 Å². The van der Waals surface area contributed by atoms with Crippen LogP contribution in [-0.2, 0) is 19.9 Å². The van der Waals surface area contributed by atoms with Crippen molar-refractivity contribution in [3.63, 3.8) is 0 Å². The number of hydrogen-bond donors (Lipinski definition) is 0. The minimum atomic E-state index is -0.844. The van der Waals surface area contributed by atoms with Crippen LogP contribution in [0.4, 0.5) is 0 Å². The number of carbonyl (C=O) groups is 1. The standard InChI is InChI=1S/C12H14O3/c1-11(9-7-5-4-6-8-9)12(2,15-11)10(13)14-3/h4-8H,1-3H3/t11-,12+/m1/s1. The summed E-state index contributed by atoms with van der Waals surface area (Å²) in [6.45, 7) is 3.66. The molecular weight excluding hydrogens is 192 g/mol. The Morgan fingerprint density at radius 2 is 1.87 bits per heavy atom. The topological polar surface area (TPSA) is 38.8 Å². The molecule has 15 heavy (non-hydrogen) atoms. The monoisotopic (exact) mass is 206 g/mol. The van der Waals surface area contributed by atoms with Crippen molar-refractivity contribution in [2.24, 2.45) is 0 Å². The Balaban J connectivity index is 2.31. The highest BCUT2D eigenvalue weighted by molar-refractivity contribution is 5.84. The second kappa shape index (κ2) is 3.07. The lowest BCUT2D eigenvalue weighted by molar-refractivity contribution is -0.146. The summed E-state index contributed by atoms with van der Waals surface area (Å²) in [7, 11) is 1.38. The largest absolute Gasteiger partial charge is 0.467 e. The van der Waals surface area contributed by atoms with Crippen LogP contribution in [-0.4, -0.2) is 18.7 Å². The van der Waals surface area contributed by atoms with Crippen molar-refractivity contribution in [3.8, 4) is 0 Å². The Hall–Kier alpha value is -1.35. The van der Waals surface area contributed by atoms with E-state index in [2.05, 4.69) is 0 Å². The van der Waals surface area contributed by atoms with Crippen molar-refractivity contribution in [2.75, 3.05) is 7.11 Å². The molecule has 1 fully saturated rings. The Kier molecular flexibility index (Phi) is 2.08. The van der Waals surface area contributed by atoms with E-state index in [1.807, 2.05) is 37.3 Å². The van der Waals surface area contributed by atoms with Gasteiger partial charge in [-0.1, -0.05) is 30.3 Å². The quantitative estimate of drug-likeness (QED) is 0.547. The highest BCUT2D eigenvalue weighted by Crippen LogP contribution is 2.55. The molecule has 0 N–H and O–H groups in total. The minimum Gasteiger partial charge on any atom is -0.467 e. The molecule has 2 rings (SSSR count). The van der Waals surface area contributed by atoms with E-state index in [0.717, 1.165) is 5.56 Å². The third-order valence-corrected chi connectivity index (χ3v) is 3.18. The van der Waals surface area contributed by atoms with Crippen LogP contribution in [0.5, 0.6) is 0 Å². The second-order valence-electron chi connectivity index (χ2n) is 4.03. The van der Waals surface area contributed by atoms with Gasteiger partial charge in [-0.3, -0.25) is 0 Å². The van der Waals surface area contributed by atoms with Crippen LogP contribution < -0.4 is 0 Å². The smallest absolute Gasteiger partial charge is 0.341 e. The van der Waals surface area contributed by atoms with E-state index in [1.165, 1.54) is 7.11 Å². The van der Waals surface area contributed by atoms with Crippen molar-refractivity contribution in [1.29, 1.82) is 0 Å². The van der Waals surface area contributed by atoms with Crippen molar-refractivity contribution in [1.82, 2.24) is 0 Å². The normalized spacial score (nSPS) is 33.5. The molecule has 3 nitrogen and oxygen atoms in total. The van der Waals surface area contributed by atoms with Crippen molar-refractivity contribution >= 4 is 5.97 Å². The highest BCUT2D eigenvalue weighted by atomic mass is 16.7. The lowest BCUT2D eigenvalue weighted by Crippen LogP contribution is -2.29. The first-order chi connectivity index (χ1) is 7.04. The van der Waals surface area contributed by atoms with Gasteiger partial charge in [0.15, 0.2) is 5.60 Å². The van der Waals surface area contributed by atoms with Gasteiger partial charge in [0, 0.05) is 0 Å². The van der Waals surface area contributed by atoms with E-state index >= 15 is 0 Å². The van der Waals surface area contributed by atoms with Gasteiger partial charge in [0.05, 0.1) is 7.11 Å². The number of epoxide rings is 1. The van der Waals surface area contributed by atoms with Gasteiger partial charge in [0.1, 0.15) is 5.60 Å². The van der Waals surface area contributed by atoms with Gasteiger partial charge in [-0.2, -0.15) is 0 Å². The van der Waals surface area contributed by atoms with E-state index in [4.69, 9.17) is 9.47 Å². The molecule has 0 unspecified atom stereocenters. The van der Waals surface area contributed by atoms with E-state index in [0.29, 0.717) is 0 Å². The maximum atomic E-state index is 11.5. The van der Waals surface area contributed by atoms with Crippen LogP contribution in [0.3, 0.4) is 0 Å². The molecule has 0 spiro atoms. The van der Waals surface area contributed by atoms with Gasteiger partial charge < -0.3 is 9.47 Å². The zero-order valence-corrected chi connectivity index (χ0v) is 9.11. The first kappa shape index (κ1) is 10.2. The SMILES string of the molecule is COC(=O)[C@]1(C)O[C@]1(C)c1ccccc1. The average molecular weight is 206 g/mol. The summed E-state index contributed by atoms with van der Waals surface area (Å²) in [5.41, 5.74) is -0.400. The fourth-order valence-electron chi connectivity index (χ4n) is 1.90. The molecule has 3 heteroatoms. The summed E-state index contributed by atoms with van der Waals surface area (Å²) in [5.74, 6) is -0.325. The van der Waals surface area contributed by atoms with Gasteiger partial charge in [-0.15, -0.1) is 0 Å². The number of esters is 1. The maximum absolute atomic E-state index is 11.5. The third-order valence-electron chi connectivity index (χ3n) is 3.18. The molecule has 1 saturated heterocycles. The van der Waals surface area contributed by atoms with Crippen LogP contribution >= 0.6 is 0 Å². The van der Waals surface area contributed by atoms with E-state index in [9.17, 15) is 4.79 Å². The summed E-state index contributed by atoms with van der Waals surface area (Å²) in [4.78, 5) is 11.5. The first-order valence-corrected chi connectivity index (χ1v) is 4.89. The lowest BCUT2D eigenvalue weighted by atomic mass is 9.89. The number of methoxy groups -OCH3 is 1. The lowest BCUT2D eigenvalue weighted by Gasteiger charge is -2.10. The zero-order chi connectivity index (χ0) is 11.1. The molecule has 0 aliphatic carbocycles. The summed E-state index contributed by atoms with van der Waals surface area (Å²) in [6, 6.07) is 9.70. The molecule has 1 aromatic rings. The molecule has 1 heterocycles. The number of benzene rings is 1. The number of rotatable bonds is 2. The molecule has 0 radical (unpaired) electrons. The second-order valence-corrected chi connectivity index (χ2v) is 4.03. The van der Waals surface area contributed by atoms with E-state index < -0.39 is 11.2 Å². The van der Waals surface area contributed by atoms with Gasteiger partial charge in [-0.25, -0.2) is 4.79 Å². The zero-order valence-electron chi connectivity index (χ0n) is 9.11. The number of carbonyl (C=O) groups excluding carboxylic acids is 1. The van der Waals surface area contributed by atoms with Crippen LogP contribution in [0.15, 0.2) is 30.3 Å². The number of ether oxygens (including phenoxy) is 2. The van der Waals surface area contributed by atoms with Crippen LogP contribution in [0.25, 0.3) is 0 Å². The highest BCUT2D eigenvalue weighted by Gasteiger charge is 2.70. The molecule has 0 aromatic heterocycles. The van der Waals surface area contributed by atoms with Crippen molar-refractivity contribution in [3.05, 3.63) is 35.9 Å². The number of hydrogen-bond acceptors (Lipinski definition) is 3. The summed E-state index contributed by atoms with van der Waals surface area (Å²) >= 11 is 0. The summed E-state index contributed by atoms with van der Waals surface area (Å²) in [6.07, 6.45) is 0. The summed E-state index contributed by atoms with van der Waals surface area (Å²) in [5, 5.41) is 0. The van der Waals surface area contributed by atoms with Gasteiger partial charge >= 0.3 is 5.97 Å². The maximum Gasteiger partial charge on any atom is 0.341 e. The van der Waals surface area contributed by atoms with Crippen molar-refractivity contribution < 1.29 is 14.3 Å². The molecule has 1 aromatic carbocycles. The predicted molar refractivity (Wildman–Crippen MR) is 55.3 cm³/mol. The van der Waals surface area contributed by atoms with Gasteiger partial charge in [0.25, 0.3) is 0 Å². The Labute approximate surface area is 89.0 Å². The molecule has 0 bridgehead atoms. The van der Waals surface area contributed by atoms with Gasteiger partial charge in [-0.05, 0) is 19.4 Å². The van der Waals surface area contributed by atoms with Gasteiger partial charge in [0.2, 0.25) is 0 Å². The third kappa shape index (κ3) is 1.27. The molecular formula is C12H14O3. The molecule has 0 amide bonds. The van der Waals surface area contributed by atoms with Crippen LogP contribution in [0.2, 0.25) is 0 Å². The van der Waals surface area contributed by atoms with E-state index in [1.54, 1.807) is 6.92 Å². The molecule has 1 aliphatic heterocycles.